The highest BCUT2D eigenvalue weighted by Crippen LogP contribution is 2.43. The van der Waals surface area contributed by atoms with Crippen LogP contribution in [0.15, 0.2) is 121 Å². The number of hydrazine groups is 1. The zero-order chi connectivity index (χ0) is 30.8. The largest absolute Gasteiger partial charge is 0.497 e. The fourth-order valence-corrected chi connectivity index (χ4v) is 5.09. The minimum atomic E-state index is -1.31. The first-order chi connectivity index (χ1) is 21.6. The number of nitrogens with zero attached hydrogens (tertiary/aromatic N) is 1. The zero-order valence-corrected chi connectivity index (χ0v) is 24.7. The van der Waals surface area contributed by atoms with Gasteiger partial charge in [-0.1, -0.05) is 72.8 Å². The molecule has 8 nitrogen and oxygen atoms in total. The normalized spacial score (nSPS) is 17.3. The van der Waals surface area contributed by atoms with Crippen LogP contribution in [0.4, 0.5) is 0 Å². The van der Waals surface area contributed by atoms with Crippen molar-refractivity contribution < 1.29 is 24.1 Å². The second kappa shape index (κ2) is 14.5. The molecule has 4 aromatic rings. The number of aliphatic hydroxyl groups excluding tert-OH is 1. The van der Waals surface area contributed by atoms with E-state index in [1.165, 1.54) is 0 Å². The molecule has 0 bridgehead atoms. The van der Waals surface area contributed by atoms with Gasteiger partial charge in [0.15, 0.2) is 11.6 Å². The van der Waals surface area contributed by atoms with Crippen molar-refractivity contribution in [3.8, 4) is 22.6 Å². The van der Waals surface area contributed by atoms with Gasteiger partial charge in [0.2, 0.25) is 5.90 Å². The number of nitrogens with one attached hydrogen (secondary N) is 2. The molecular weight excluding hydrogens is 554 g/mol. The molecule has 1 heterocycles. The lowest BCUT2D eigenvalue weighted by Gasteiger charge is -2.29. The molecule has 1 aliphatic rings. The fraction of sp³-hybridized carbons (Fsp3) is 0.222. The van der Waals surface area contributed by atoms with Gasteiger partial charge in [0, 0.05) is 31.6 Å². The Hall–Kier alpha value is -4.92. The molecule has 8 heteroatoms. The van der Waals surface area contributed by atoms with Crippen molar-refractivity contribution >= 4 is 11.8 Å². The molecule has 0 saturated carbocycles. The summed E-state index contributed by atoms with van der Waals surface area (Å²) in [5, 5.41) is 9.03. The number of benzene rings is 4. The molecule has 0 aliphatic carbocycles. The van der Waals surface area contributed by atoms with E-state index in [4.69, 9.17) is 24.3 Å². The molecule has 226 valence electrons. The van der Waals surface area contributed by atoms with E-state index in [1.807, 2.05) is 91.0 Å². The molecule has 0 aromatic heterocycles. The molecule has 1 amide bonds. The summed E-state index contributed by atoms with van der Waals surface area (Å²) < 4.78 is 17.4. The Morgan fingerprint density at radius 1 is 0.932 bits per heavy atom. The lowest BCUT2D eigenvalue weighted by molar-refractivity contribution is -0.129. The number of carbonyl (C=O) groups excluding carboxylic acids is 1. The van der Waals surface area contributed by atoms with Crippen LogP contribution in [-0.4, -0.2) is 42.8 Å². The summed E-state index contributed by atoms with van der Waals surface area (Å²) in [6, 6.07) is 33.1. The van der Waals surface area contributed by atoms with E-state index in [0.717, 1.165) is 33.6 Å². The topological polar surface area (TPSA) is 101 Å². The number of methoxy groups -OCH3 is 1. The van der Waals surface area contributed by atoms with E-state index in [2.05, 4.69) is 29.6 Å². The van der Waals surface area contributed by atoms with Crippen molar-refractivity contribution in [2.24, 2.45) is 4.99 Å². The van der Waals surface area contributed by atoms with Crippen molar-refractivity contribution in [2.45, 2.75) is 31.0 Å². The first kappa shape index (κ1) is 30.5. The average molecular weight is 592 g/mol. The fourth-order valence-electron chi connectivity index (χ4n) is 5.09. The van der Waals surface area contributed by atoms with Gasteiger partial charge in [0.1, 0.15) is 11.5 Å². The molecule has 0 unspecified atom stereocenters. The number of rotatable bonds is 14. The van der Waals surface area contributed by atoms with Crippen molar-refractivity contribution in [1.29, 1.82) is 0 Å². The molecule has 1 aliphatic heterocycles. The standard InChI is InChI=1S/C36H37N3O5/c1-3-22-36(35(41)39-37-25-26-10-18-31(42-2)19-11-26)33(29-14-12-28(13-15-29)27-8-5-4-6-9-27)44-34(38-36)30-16-20-32(21-17-30)43-24-7-23-40/h3-6,8-21,33,37,40H,1,7,22-25H2,2H3,(H,39,41)/t33-,36-/m0/s1. The zero-order valence-electron chi connectivity index (χ0n) is 24.7. The van der Waals surface area contributed by atoms with Gasteiger partial charge in [0.25, 0.3) is 5.91 Å². The summed E-state index contributed by atoms with van der Waals surface area (Å²) in [6.07, 6.45) is 1.79. The molecule has 3 N–H and O–H groups in total. The first-order valence-corrected chi connectivity index (χ1v) is 14.6. The molecule has 44 heavy (non-hydrogen) atoms. The third kappa shape index (κ3) is 6.99. The van der Waals surface area contributed by atoms with Gasteiger partial charge in [-0.15, -0.1) is 6.58 Å². The van der Waals surface area contributed by atoms with Crippen molar-refractivity contribution in [3.05, 3.63) is 132 Å². The van der Waals surface area contributed by atoms with E-state index < -0.39 is 11.6 Å². The number of hydrogen-bond acceptors (Lipinski definition) is 7. The molecular formula is C36H37N3O5. The Balaban J connectivity index is 1.42. The summed E-state index contributed by atoms with van der Waals surface area (Å²) in [5.41, 5.74) is 9.30. The van der Waals surface area contributed by atoms with Crippen LogP contribution in [0.3, 0.4) is 0 Å². The van der Waals surface area contributed by atoms with Crippen LogP contribution in [0.25, 0.3) is 11.1 Å². The van der Waals surface area contributed by atoms with E-state index in [9.17, 15) is 4.79 Å². The van der Waals surface area contributed by atoms with E-state index in [-0.39, 0.29) is 18.9 Å². The van der Waals surface area contributed by atoms with Crippen LogP contribution in [0.1, 0.15) is 35.6 Å². The molecule has 2 atom stereocenters. The van der Waals surface area contributed by atoms with Crippen LogP contribution >= 0.6 is 0 Å². The van der Waals surface area contributed by atoms with Crippen LogP contribution in [0.2, 0.25) is 0 Å². The number of carbonyl (C=O) groups is 1. The van der Waals surface area contributed by atoms with E-state index >= 15 is 0 Å². The molecule has 4 aromatic carbocycles. The Kier molecular flexibility index (Phi) is 10.1. The van der Waals surface area contributed by atoms with Gasteiger partial charge in [-0.05, 0) is 58.7 Å². The average Bonchev–Trinajstić information content (AvgIpc) is 3.46. The summed E-state index contributed by atoms with van der Waals surface area (Å²) in [7, 11) is 1.62. The lowest BCUT2D eigenvalue weighted by atomic mass is 9.84. The molecule has 0 spiro atoms. The number of aliphatic hydroxyl groups is 1. The second-order valence-corrected chi connectivity index (χ2v) is 10.4. The van der Waals surface area contributed by atoms with E-state index in [0.29, 0.717) is 31.2 Å². The minimum Gasteiger partial charge on any atom is -0.497 e. The van der Waals surface area contributed by atoms with Crippen molar-refractivity contribution in [3.63, 3.8) is 0 Å². The van der Waals surface area contributed by atoms with Crippen LogP contribution in [0.5, 0.6) is 11.5 Å². The smallest absolute Gasteiger partial charge is 0.266 e. The predicted octanol–water partition coefficient (Wildman–Crippen LogP) is 5.78. The number of ether oxygens (including phenoxy) is 3. The number of hydrogen-bond donors (Lipinski definition) is 3. The Labute approximate surface area is 258 Å². The SMILES string of the molecule is C=CC[C@]1(C(=O)NNCc2ccc(OC)cc2)N=C(c2ccc(OCCCO)cc2)O[C@H]1c1ccc(-c2ccccc2)cc1. The minimum absolute atomic E-state index is 0.0683. The van der Waals surface area contributed by atoms with Gasteiger partial charge in [0.05, 0.1) is 13.7 Å². The Morgan fingerprint density at radius 2 is 1.59 bits per heavy atom. The summed E-state index contributed by atoms with van der Waals surface area (Å²) in [4.78, 5) is 19.0. The van der Waals surface area contributed by atoms with Gasteiger partial charge in [-0.2, -0.15) is 0 Å². The maximum atomic E-state index is 14.0. The Morgan fingerprint density at radius 3 is 2.25 bits per heavy atom. The van der Waals surface area contributed by atoms with Gasteiger partial charge in [-0.3, -0.25) is 10.2 Å². The van der Waals surface area contributed by atoms with Crippen LogP contribution in [0, 0.1) is 0 Å². The highest BCUT2D eigenvalue weighted by molar-refractivity contribution is 6.01. The lowest BCUT2D eigenvalue weighted by Crippen LogP contribution is -2.52. The van der Waals surface area contributed by atoms with Crippen molar-refractivity contribution in [2.75, 3.05) is 20.3 Å². The summed E-state index contributed by atoms with van der Waals surface area (Å²) >= 11 is 0. The van der Waals surface area contributed by atoms with Crippen LogP contribution in [-0.2, 0) is 16.1 Å². The maximum absolute atomic E-state index is 14.0. The quantitative estimate of drug-likeness (QED) is 0.0977. The highest BCUT2D eigenvalue weighted by atomic mass is 16.5. The van der Waals surface area contributed by atoms with Crippen molar-refractivity contribution in [1.82, 2.24) is 10.9 Å². The molecule has 0 saturated heterocycles. The molecule has 0 radical (unpaired) electrons. The van der Waals surface area contributed by atoms with Gasteiger partial charge >= 0.3 is 0 Å². The number of aliphatic imine (C=N–C) groups is 1. The molecule has 5 rings (SSSR count). The number of amides is 1. The highest BCUT2D eigenvalue weighted by Gasteiger charge is 2.52. The second-order valence-electron chi connectivity index (χ2n) is 10.4. The first-order valence-electron chi connectivity index (χ1n) is 14.6. The third-order valence-corrected chi connectivity index (χ3v) is 7.46. The maximum Gasteiger partial charge on any atom is 0.266 e. The van der Waals surface area contributed by atoms with Crippen LogP contribution < -0.4 is 20.3 Å². The summed E-state index contributed by atoms with van der Waals surface area (Å²) in [5.74, 6) is 1.46. The van der Waals surface area contributed by atoms with Gasteiger partial charge < -0.3 is 19.3 Å². The predicted molar refractivity (Wildman–Crippen MR) is 171 cm³/mol. The molecule has 0 fully saturated rings. The Bertz CT molecular complexity index is 1550. The third-order valence-electron chi connectivity index (χ3n) is 7.46. The monoisotopic (exact) mass is 591 g/mol. The summed E-state index contributed by atoms with van der Waals surface area (Å²) in [6.45, 7) is 4.84. The van der Waals surface area contributed by atoms with E-state index in [1.54, 1.807) is 13.2 Å². The van der Waals surface area contributed by atoms with Gasteiger partial charge in [-0.25, -0.2) is 10.4 Å².